The number of benzene rings is 1. The number of amides is 1. The van der Waals surface area contributed by atoms with Gasteiger partial charge in [-0.1, -0.05) is 12.1 Å². The number of ether oxygens (including phenoxy) is 1. The first-order valence-electron chi connectivity index (χ1n) is 8.97. The second-order valence-corrected chi connectivity index (χ2v) is 7.08. The number of rotatable bonds is 3. The molecule has 0 N–H and O–H groups in total. The second-order valence-electron chi connectivity index (χ2n) is 7.08. The van der Waals surface area contributed by atoms with Crippen molar-refractivity contribution in [3.8, 4) is 0 Å². The summed E-state index contributed by atoms with van der Waals surface area (Å²) >= 11 is 0. The molecular formula is C19H27FN2O2. The number of hydrogen-bond acceptors (Lipinski definition) is 3. The van der Waals surface area contributed by atoms with Gasteiger partial charge in [-0.05, 0) is 50.3 Å². The highest BCUT2D eigenvalue weighted by Gasteiger charge is 2.39. The van der Waals surface area contributed by atoms with E-state index in [2.05, 4.69) is 4.90 Å². The van der Waals surface area contributed by atoms with Crippen LogP contribution in [0.1, 0.15) is 38.2 Å². The van der Waals surface area contributed by atoms with Gasteiger partial charge in [-0.25, -0.2) is 4.39 Å². The molecule has 0 unspecified atom stereocenters. The maximum atomic E-state index is 13.0. The molecule has 2 fully saturated rings. The van der Waals surface area contributed by atoms with Gasteiger partial charge in [0, 0.05) is 39.3 Å². The lowest BCUT2D eigenvalue weighted by Gasteiger charge is -2.36. The molecule has 0 radical (unpaired) electrons. The smallest absolute Gasteiger partial charge is 0.254 e. The lowest BCUT2D eigenvalue weighted by atomic mass is 9.94. The van der Waals surface area contributed by atoms with Crippen LogP contribution in [0.25, 0.3) is 0 Å². The number of halogens is 1. The van der Waals surface area contributed by atoms with E-state index in [1.807, 2.05) is 24.0 Å². The summed E-state index contributed by atoms with van der Waals surface area (Å²) < 4.78 is 18.8. The van der Waals surface area contributed by atoms with Gasteiger partial charge in [0.1, 0.15) is 11.4 Å². The molecule has 4 nitrogen and oxygen atoms in total. The fourth-order valence-electron chi connectivity index (χ4n) is 3.62. The topological polar surface area (TPSA) is 32.8 Å². The van der Waals surface area contributed by atoms with Crippen molar-refractivity contribution >= 4 is 5.91 Å². The Kier molecular flexibility index (Phi) is 5.51. The molecule has 1 aromatic carbocycles. The van der Waals surface area contributed by atoms with E-state index >= 15 is 0 Å². The van der Waals surface area contributed by atoms with E-state index in [-0.39, 0.29) is 11.7 Å². The highest BCUT2D eigenvalue weighted by atomic mass is 19.1. The van der Waals surface area contributed by atoms with E-state index in [4.69, 9.17) is 4.74 Å². The van der Waals surface area contributed by atoms with Gasteiger partial charge in [0.15, 0.2) is 0 Å². The van der Waals surface area contributed by atoms with E-state index in [9.17, 15) is 9.18 Å². The summed E-state index contributed by atoms with van der Waals surface area (Å²) in [5.41, 5.74) is 0.475. The standard InChI is InChI=1S/C19H27FN2O2/c1-19(9-2-3-14-24-19)18(23)22-11-4-10-21(12-13-22)15-16-5-7-17(20)8-6-16/h5-8H,2-4,9-15H2,1H3/t19-/m0/s1. The third-order valence-electron chi connectivity index (χ3n) is 5.12. The van der Waals surface area contributed by atoms with Crippen molar-refractivity contribution in [2.75, 3.05) is 32.8 Å². The predicted octanol–water partition coefficient (Wildman–Crippen LogP) is 2.82. The maximum Gasteiger partial charge on any atom is 0.254 e. The molecule has 2 heterocycles. The van der Waals surface area contributed by atoms with E-state index in [0.717, 1.165) is 64.0 Å². The van der Waals surface area contributed by atoms with Crippen LogP contribution in [-0.4, -0.2) is 54.1 Å². The van der Waals surface area contributed by atoms with E-state index in [1.165, 1.54) is 12.1 Å². The van der Waals surface area contributed by atoms with Crippen molar-refractivity contribution in [2.45, 2.75) is 44.8 Å². The summed E-state index contributed by atoms with van der Waals surface area (Å²) in [6.45, 7) is 6.76. The molecule has 0 bridgehead atoms. The van der Waals surface area contributed by atoms with Gasteiger partial charge >= 0.3 is 0 Å². The van der Waals surface area contributed by atoms with Crippen LogP contribution in [0, 0.1) is 5.82 Å². The number of carbonyl (C=O) groups is 1. The lowest BCUT2D eigenvalue weighted by Crippen LogP contribution is -2.51. The average Bonchev–Trinajstić information content (AvgIpc) is 2.82. The zero-order chi connectivity index (χ0) is 17.0. The molecule has 132 valence electrons. The predicted molar refractivity (Wildman–Crippen MR) is 91.1 cm³/mol. The minimum atomic E-state index is -0.635. The summed E-state index contributed by atoms with van der Waals surface area (Å²) in [6.07, 6.45) is 3.89. The Morgan fingerprint density at radius 2 is 1.92 bits per heavy atom. The summed E-state index contributed by atoms with van der Waals surface area (Å²) in [6, 6.07) is 6.68. The van der Waals surface area contributed by atoms with Gasteiger partial charge in [-0.15, -0.1) is 0 Å². The van der Waals surface area contributed by atoms with Gasteiger partial charge in [-0.2, -0.15) is 0 Å². The Bertz CT molecular complexity index is 555. The van der Waals surface area contributed by atoms with Crippen molar-refractivity contribution in [3.63, 3.8) is 0 Å². The number of carbonyl (C=O) groups excluding carboxylic acids is 1. The molecule has 3 rings (SSSR count). The molecule has 2 saturated heterocycles. The zero-order valence-corrected chi connectivity index (χ0v) is 14.5. The summed E-state index contributed by atoms with van der Waals surface area (Å²) in [5, 5.41) is 0. The van der Waals surface area contributed by atoms with Crippen LogP contribution in [0.15, 0.2) is 24.3 Å². The molecule has 1 atom stereocenters. The monoisotopic (exact) mass is 334 g/mol. The molecule has 24 heavy (non-hydrogen) atoms. The molecule has 2 aliphatic rings. The first-order chi connectivity index (χ1) is 11.6. The van der Waals surface area contributed by atoms with Crippen molar-refractivity contribution in [1.82, 2.24) is 9.80 Å². The fourth-order valence-corrected chi connectivity index (χ4v) is 3.62. The molecule has 0 aliphatic carbocycles. The van der Waals surface area contributed by atoms with E-state index in [1.54, 1.807) is 0 Å². The van der Waals surface area contributed by atoms with Gasteiger partial charge < -0.3 is 9.64 Å². The van der Waals surface area contributed by atoms with Gasteiger partial charge in [0.25, 0.3) is 5.91 Å². The molecule has 1 amide bonds. The number of nitrogens with zero attached hydrogens (tertiary/aromatic N) is 2. The first-order valence-corrected chi connectivity index (χ1v) is 8.97. The lowest BCUT2D eigenvalue weighted by molar-refractivity contribution is -0.161. The minimum Gasteiger partial charge on any atom is -0.365 e. The third kappa shape index (κ3) is 4.14. The van der Waals surface area contributed by atoms with Gasteiger partial charge in [0.05, 0.1) is 0 Å². The summed E-state index contributed by atoms with van der Waals surface area (Å²) in [5.74, 6) is -0.0575. The summed E-state index contributed by atoms with van der Waals surface area (Å²) in [7, 11) is 0. The Morgan fingerprint density at radius 3 is 2.62 bits per heavy atom. The zero-order valence-electron chi connectivity index (χ0n) is 14.5. The Balaban J connectivity index is 1.56. The van der Waals surface area contributed by atoms with Gasteiger partial charge in [-0.3, -0.25) is 9.69 Å². The van der Waals surface area contributed by atoms with Crippen LogP contribution >= 0.6 is 0 Å². The van der Waals surface area contributed by atoms with Crippen LogP contribution in [-0.2, 0) is 16.1 Å². The van der Waals surface area contributed by atoms with E-state index in [0.29, 0.717) is 6.61 Å². The summed E-state index contributed by atoms with van der Waals surface area (Å²) in [4.78, 5) is 17.2. The maximum absolute atomic E-state index is 13.0. The first kappa shape index (κ1) is 17.4. The van der Waals surface area contributed by atoms with Gasteiger partial charge in [0.2, 0.25) is 0 Å². The Morgan fingerprint density at radius 1 is 1.12 bits per heavy atom. The van der Waals surface area contributed by atoms with Crippen LogP contribution in [0.2, 0.25) is 0 Å². The third-order valence-corrected chi connectivity index (χ3v) is 5.12. The van der Waals surface area contributed by atoms with Crippen LogP contribution in [0.3, 0.4) is 0 Å². The average molecular weight is 334 g/mol. The molecule has 5 heteroatoms. The molecular weight excluding hydrogens is 307 g/mol. The van der Waals surface area contributed by atoms with Crippen molar-refractivity contribution in [3.05, 3.63) is 35.6 Å². The number of hydrogen-bond donors (Lipinski definition) is 0. The minimum absolute atomic E-state index is 0.144. The van der Waals surface area contributed by atoms with E-state index < -0.39 is 5.60 Å². The molecule has 0 spiro atoms. The Labute approximate surface area is 143 Å². The van der Waals surface area contributed by atoms with Crippen molar-refractivity contribution in [1.29, 1.82) is 0 Å². The fraction of sp³-hybridized carbons (Fsp3) is 0.632. The van der Waals surface area contributed by atoms with Crippen LogP contribution < -0.4 is 0 Å². The molecule has 0 saturated carbocycles. The molecule has 1 aromatic rings. The molecule has 0 aromatic heterocycles. The Hall–Kier alpha value is -1.46. The van der Waals surface area contributed by atoms with Crippen LogP contribution in [0.4, 0.5) is 4.39 Å². The highest BCUT2D eigenvalue weighted by Crippen LogP contribution is 2.27. The highest BCUT2D eigenvalue weighted by molar-refractivity contribution is 5.85. The quantitative estimate of drug-likeness (QED) is 0.852. The van der Waals surface area contributed by atoms with Crippen LogP contribution in [0.5, 0.6) is 0 Å². The molecule has 2 aliphatic heterocycles. The largest absolute Gasteiger partial charge is 0.365 e. The van der Waals surface area contributed by atoms with Crippen molar-refractivity contribution in [2.24, 2.45) is 0 Å². The van der Waals surface area contributed by atoms with Crippen molar-refractivity contribution < 1.29 is 13.9 Å². The second kappa shape index (κ2) is 7.62. The normalized spacial score (nSPS) is 26.2. The SMILES string of the molecule is C[C@@]1(C(=O)N2CCCN(Cc3ccc(F)cc3)CC2)CCCCO1.